The number of aryl methyl sites for hydroxylation is 1. The molecule has 1 aliphatic rings. The lowest BCUT2D eigenvalue weighted by Crippen LogP contribution is -2.14. The number of rotatable bonds is 2. The highest BCUT2D eigenvalue weighted by Gasteiger charge is 2.20. The van der Waals surface area contributed by atoms with E-state index in [-0.39, 0.29) is 0 Å². The lowest BCUT2D eigenvalue weighted by molar-refractivity contribution is 0.617. The van der Waals surface area contributed by atoms with Gasteiger partial charge in [-0.05, 0) is 25.6 Å². The quantitative estimate of drug-likeness (QED) is 0.670. The largest absolute Gasteiger partial charge is 0.351 e. The van der Waals surface area contributed by atoms with E-state index in [9.17, 15) is 0 Å². The fourth-order valence-electron chi connectivity index (χ4n) is 1.90. The molecular formula is C9H14N2. The number of hydrogen-bond acceptors (Lipinski definition) is 1. The van der Waals surface area contributed by atoms with Gasteiger partial charge in [0.05, 0.1) is 0 Å². The Kier molecular flexibility index (Phi) is 1.70. The molecule has 2 heterocycles. The van der Waals surface area contributed by atoms with Crippen LogP contribution in [0.1, 0.15) is 18.0 Å². The van der Waals surface area contributed by atoms with E-state index in [1.54, 1.807) is 0 Å². The number of likely N-dealkylation sites (N-methyl/N-ethyl adjacent to an activating group) is 1. The molecule has 0 saturated carbocycles. The van der Waals surface area contributed by atoms with Crippen LogP contribution < -0.4 is 5.32 Å². The summed E-state index contributed by atoms with van der Waals surface area (Å²) >= 11 is 0. The molecule has 0 spiro atoms. The summed E-state index contributed by atoms with van der Waals surface area (Å²) in [5, 5.41) is 3.23. The van der Waals surface area contributed by atoms with Crippen LogP contribution in [0.15, 0.2) is 18.3 Å². The molecule has 0 radical (unpaired) electrons. The van der Waals surface area contributed by atoms with Crippen molar-refractivity contribution in [3.63, 3.8) is 0 Å². The standard InChI is InChI=1S/C9H14N2/c1-10-7-8-4-6-11-5-2-3-9(8)11/h2-3,5,8,10H,4,6-7H2,1H3/t8-/m0/s1. The van der Waals surface area contributed by atoms with Gasteiger partial charge in [0.15, 0.2) is 0 Å². The zero-order valence-electron chi connectivity index (χ0n) is 6.88. The van der Waals surface area contributed by atoms with E-state index in [1.807, 2.05) is 7.05 Å². The van der Waals surface area contributed by atoms with Gasteiger partial charge >= 0.3 is 0 Å². The normalized spacial score (nSPS) is 22.1. The number of hydrogen-bond donors (Lipinski definition) is 1. The van der Waals surface area contributed by atoms with Gasteiger partial charge in [0.25, 0.3) is 0 Å². The summed E-state index contributed by atoms with van der Waals surface area (Å²) in [5.74, 6) is 0.745. The van der Waals surface area contributed by atoms with Gasteiger partial charge in [-0.2, -0.15) is 0 Å². The first-order valence-electron chi connectivity index (χ1n) is 4.21. The molecule has 0 aromatic carbocycles. The third-order valence-corrected chi connectivity index (χ3v) is 2.45. The second-order valence-electron chi connectivity index (χ2n) is 3.17. The molecule has 0 bridgehead atoms. The van der Waals surface area contributed by atoms with Gasteiger partial charge in [0.2, 0.25) is 0 Å². The minimum atomic E-state index is 0.745. The minimum Gasteiger partial charge on any atom is -0.351 e. The average Bonchev–Trinajstić information content (AvgIpc) is 2.53. The SMILES string of the molecule is CNC[C@@H]1CCn2cccc21. The maximum atomic E-state index is 3.23. The van der Waals surface area contributed by atoms with E-state index >= 15 is 0 Å². The summed E-state index contributed by atoms with van der Waals surface area (Å²) in [6.45, 7) is 2.32. The molecular weight excluding hydrogens is 136 g/mol. The highest BCUT2D eigenvalue weighted by molar-refractivity contribution is 5.16. The van der Waals surface area contributed by atoms with E-state index in [1.165, 1.54) is 18.7 Å². The van der Waals surface area contributed by atoms with Crippen LogP contribution in [0.5, 0.6) is 0 Å². The van der Waals surface area contributed by atoms with Crippen molar-refractivity contribution in [3.05, 3.63) is 24.0 Å². The van der Waals surface area contributed by atoms with E-state index in [2.05, 4.69) is 28.2 Å². The number of fused-ring (bicyclic) bond motifs is 1. The predicted molar refractivity (Wildman–Crippen MR) is 45.7 cm³/mol. The lowest BCUT2D eigenvalue weighted by Gasteiger charge is -2.06. The van der Waals surface area contributed by atoms with Crippen LogP contribution in [0.3, 0.4) is 0 Å². The van der Waals surface area contributed by atoms with Gasteiger partial charge in [-0.15, -0.1) is 0 Å². The first kappa shape index (κ1) is 6.92. The fraction of sp³-hybridized carbons (Fsp3) is 0.556. The van der Waals surface area contributed by atoms with Crippen molar-refractivity contribution in [3.8, 4) is 0 Å². The zero-order valence-corrected chi connectivity index (χ0v) is 6.88. The molecule has 1 aromatic heterocycles. The summed E-state index contributed by atoms with van der Waals surface area (Å²) in [7, 11) is 2.02. The smallest absolute Gasteiger partial charge is 0.0229 e. The Labute approximate surface area is 67.2 Å². The molecule has 0 aliphatic carbocycles. The predicted octanol–water partition coefficient (Wildman–Crippen LogP) is 1.19. The minimum absolute atomic E-state index is 0.745. The molecule has 60 valence electrons. The molecule has 1 N–H and O–H groups in total. The second-order valence-corrected chi connectivity index (χ2v) is 3.17. The summed E-state index contributed by atoms with van der Waals surface area (Å²) < 4.78 is 2.35. The lowest BCUT2D eigenvalue weighted by atomic mass is 10.1. The van der Waals surface area contributed by atoms with Crippen molar-refractivity contribution in [1.29, 1.82) is 0 Å². The molecule has 2 rings (SSSR count). The first-order valence-corrected chi connectivity index (χ1v) is 4.21. The van der Waals surface area contributed by atoms with Gasteiger partial charge in [0.1, 0.15) is 0 Å². The van der Waals surface area contributed by atoms with Crippen molar-refractivity contribution < 1.29 is 0 Å². The molecule has 0 unspecified atom stereocenters. The maximum absolute atomic E-state index is 3.23. The van der Waals surface area contributed by atoms with Crippen molar-refractivity contribution in [2.45, 2.75) is 18.9 Å². The molecule has 2 heteroatoms. The Morgan fingerprint density at radius 3 is 3.45 bits per heavy atom. The summed E-state index contributed by atoms with van der Waals surface area (Å²) in [5.41, 5.74) is 1.50. The summed E-state index contributed by atoms with van der Waals surface area (Å²) in [6, 6.07) is 4.37. The Hall–Kier alpha value is -0.760. The maximum Gasteiger partial charge on any atom is 0.0229 e. The Morgan fingerprint density at radius 1 is 1.73 bits per heavy atom. The Balaban J connectivity index is 2.18. The van der Waals surface area contributed by atoms with Crippen LogP contribution in [0.25, 0.3) is 0 Å². The Morgan fingerprint density at radius 2 is 2.64 bits per heavy atom. The van der Waals surface area contributed by atoms with Gasteiger partial charge in [-0.1, -0.05) is 0 Å². The second kappa shape index (κ2) is 2.70. The molecule has 0 saturated heterocycles. The van der Waals surface area contributed by atoms with Crippen molar-refractivity contribution in [1.82, 2.24) is 9.88 Å². The third kappa shape index (κ3) is 1.07. The third-order valence-electron chi connectivity index (χ3n) is 2.45. The Bertz CT molecular complexity index is 239. The van der Waals surface area contributed by atoms with E-state index in [0.717, 1.165) is 12.5 Å². The molecule has 1 aromatic rings. The first-order chi connectivity index (χ1) is 5.42. The van der Waals surface area contributed by atoms with Crippen LogP contribution in [0.4, 0.5) is 0 Å². The van der Waals surface area contributed by atoms with Crippen molar-refractivity contribution >= 4 is 0 Å². The van der Waals surface area contributed by atoms with E-state index in [4.69, 9.17) is 0 Å². The summed E-state index contributed by atoms with van der Waals surface area (Å²) in [6.07, 6.45) is 3.47. The number of nitrogens with one attached hydrogen (secondary N) is 1. The van der Waals surface area contributed by atoms with Gasteiger partial charge in [-0.25, -0.2) is 0 Å². The van der Waals surface area contributed by atoms with Gasteiger partial charge in [-0.3, -0.25) is 0 Å². The molecule has 0 amide bonds. The molecule has 1 atom stereocenters. The number of nitrogens with zero attached hydrogens (tertiary/aromatic N) is 1. The topological polar surface area (TPSA) is 17.0 Å². The van der Waals surface area contributed by atoms with Crippen molar-refractivity contribution in [2.24, 2.45) is 0 Å². The van der Waals surface area contributed by atoms with Gasteiger partial charge in [0, 0.05) is 30.9 Å². The van der Waals surface area contributed by atoms with E-state index < -0.39 is 0 Å². The van der Waals surface area contributed by atoms with Gasteiger partial charge < -0.3 is 9.88 Å². The zero-order chi connectivity index (χ0) is 7.68. The van der Waals surface area contributed by atoms with Crippen LogP contribution in [-0.4, -0.2) is 18.2 Å². The molecule has 2 nitrogen and oxygen atoms in total. The van der Waals surface area contributed by atoms with Crippen LogP contribution >= 0.6 is 0 Å². The number of aromatic nitrogens is 1. The van der Waals surface area contributed by atoms with E-state index in [0.29, 0.717) is 0 Å². The summed E-state index contributed by atoms with van der Waals surface area (Å²) in [4.78, 5) is 0. The fourth-order valence-corrected chi connectivity index (χ4v) is 1.90. The average molecular weight is 150 g/mol. The van der Waals surface area contributed by atoms with Crippen LogP contribution in [0, 0.1) is 0 Å². The van der Waals surface area contributed by atoms with Crippen LogP contribution in [-0.2, 0) is 6.54 Å². The molecule has 0 fully saturated rings. The monoisotopic (exact) mass is 150 g/mol. The molecule has 1 aliphatic heterocycles. The highest BCUT2D eigenvalue weighted by atomic mass is 15.0. The van der Waals surface area contributed by atoms with Crippen molar-refractivity contribution in [2.75, 3.05) is 13.6 Å². The molecule has 11 heavy (non-hydrogen) atoms. The highest BCUT2D eigenvalue weighted by Crippen LogP contribution is 2.26. The van der Waals surface area contributed by atoms with Crippen LogP contribution in [0.2, 0.25) is 0 Å².